The first-order valence-electron chi connectivity index (χ1n) is 6.81. The molecule has 1 aliphatic carbocycles. The molecule has 2 N–H and O–H groups in total. The van der Waals surface area contributed by atoms with Crippen molar-refractivity contribution in [3.8, 4) is 0 Å². The molecular weight excluding hydrogens is 200 g/mol. The summed E-state index contributed by atoms with van der Waals surface area (Å²) in [7, 11) is 2.25. The summed E-state index contributed by atoms with van der Waals surface area (Å²) in [5.41, 5.74) is 5.60. The molecule has 2 fully saturated rings. The highest BCUT2D eigenvalue weighted by atomic mass is 16.5. The molecular formula is C13H26N2O. The molecule has 0 aromatic heterocycles. The van der Waals surface area contributed by atoms with Crippen LogP contribution in [0.15, 0.2) is 0 Å². The van der Waals surface area contributed by atoms with Crippen LogP contribution in [0.4, 0.5) is 0 Å². The van der Waals surface area contributed by atoms with Crippen molar-refractivity contribution in [2.24, 2.45) is 11.7 Å². The first-order chi connectivity index (χ1) is 7.79. The third-order valence-electron chi connectivity index (χ3n) is 4.25. The Hall–Kier alpha value is -0.120. The van der Waals surface area contributed by atoms with E-state index in [1.165, 1.54) is 45.1 Å². The zero-order chi connectivity index (χ0) is 11.4. The van der Waals surface area contributed by atoms with Crippen LogP contribution in [0.25, 0.3) is 0 Å². The van der Waals surface area contributed by atoms with Crippen LogP contribution in [-0.2, 0) is 4.74 Å². The molecule has 1 saturated carbocycles. The largest absolute Gasteiger partial charge is 0.378 e. The zero-order valence-electron chi connectivity index (χ0n) is 10.5. The highest BCUT2D eigenvalue weighted by Crippen LogP contribution is 2.29. The van der Waals surface area contributed by atoms with Gasteiger partial charge in [0.15, 0.2) is 0 Å². The minimum atomic E-state index is 0.516. The average Bonchev–Trinajstić information content (AvgIpc) is 2.24. The molecule has 0 amide bonds. The standard InChI is InChI=1S/C13H26N2O/c1-15-6-3-2-4-12(15)5-7-16-13-8-11(9-13)10-14/h11-13H,2-10,14H2,1H3. The fourth-order valence-electron chi connectivity index (χ4n) is 2.88. The van der Waals surface area contributed by atoms with E-state index in [4.69, 9.17) is 10.5 Å². The lowest BCUT2D eigenvalue weighted by molar-refractivity contribution is -0.0358. The normalized spacial score (nSPS) is 36.0. The molecule has 0 bridgehead atoms. The van der Waals surface area contributed by atoms with Crippen molar-refractivity contribution in [3.05, 3.63) is 0 Å². The van der Waals surface area contributed by atoms with Gasteiger partial charge < -0.3 is 15.4 Å². The minimum Gasteiger partial charge on any atom is -0.378 e. The predicted molar refractivity (Wildman–Crippen MR) is 66.4 cm³/mol. The molecule has 2 rings (SSSR count). The lowest BCUT2D eigenvalue weighted by Crippen LogP contribution is -2.39. The lowest BCUT2D eigenvalue weighted by atomic mass is 9.82. The number of ether oxygens (including phenoxy) is 1. The van der Waals surface area contributed by atoms with Crippen molar-refractivity contribution in [3.63, 3.8) is 0 Å². The summed E-state index contributed by atoms with van der Waals surface area (Å²) in [6.45, 7) is 3.05. The molecule has 0 radical (unpaired) electrons. The summed E-state index contributed by atoms with van der Waals surface area (Å²) in [5.74, 6) is 0.738. The summed E-state index contributed by atoms with van der Waals surface area (Å²) >= 11 is 0. The SMILES string of the molecule is CN1CCCCC1CCOC1CC(CN)C1. The highest BCUT2D eigenvalue weighted by molar-refractivity contribution is 4.81. The summed E-state index contributed by atoms with van der Waals surface area (Å²) < 4.78 is 5.88. The number of nitrogens with two attached hydrogens (primary N) is 1. The van der Waals surface area contributed by atoms with Crippen LogP contribution in [0.1, 0.15) is 38.5 Å². The van der Waals surface area contributed by atoms with Gasteiger partial charge in [-0.3, -0.25) is 0 Å². The fraction of sp³-hybridized carbons (Fsp3) is 1.00. The monoisotopic (exact) mass is 226 g/mol. The summed E-state index contributed by atoms with van der Waals surface area (Å²) in [5, 5.41) is 0. The van der Waals surface area contributed by atoms with Gasteiger partial charge in [0, 0.05) is 12.6 Å². The van der Waals surface area contributed by atoms with E-state index in [1.807, 2.05) is 0 Å². The van der Waals surface area contributed by atoms with E-state index in [9.17, 15) is 0 Å². The Morgan fingerprint density at radius 1 is 1.31 bits per heavy atom. The molecule has 1 unspecified atom stereocenters. The number of hydrogen-bond donors (Lipinski definition) is 1. The predicted octanol–water partition coefficient (Wildman–Crippen LogP) is 1.61. The second-order valence-electron chi connectivity index (χ2n) is 5.48. The first kappa shape index (κ1) is 12.3. The molecule has 1 aliphatic heterocycles. The third-order valence-corrected chi connectivity index (χ3v) is 4.25. The molecule has 94 valence electrons. The Kier molecular flexibility index (Phi) is 4.62. The smallest absolute Gasteiger partial charge is 0.0581 e. The zero-order valence-corrected chi connectivity index (χ0v) is 10.5. The molecule has 3 nitrogen and oxygen atoms in total. The number of piperidine rings is 1. The Balaban J connectivity index is 1.54. The Morgan fingerprint density at radius 3 is 2.81 bits per heavy atom. The molecule has 0 aromatic carbocycles. The summed E-state index contributed by atoms with van der Waals surface area (Å²) in [6.07, 6.45) is 8.23. The summed E-state index contributed by atoms with van der Waals surface area (Å²) in [6, 6.07) is 0.763. The van der Waals surface area contributed by atoms with E-state index in [0.29, 0.717) is 6.10 Å². The molecule has 3 heteroatoms. The van der Waals surface area contributed by atoms with Crippen LogP contribution in [0, 0.1) is 5.92 Å². The molecule has 2 aliphatic rings. The first-order valence-corrected chi connectivity index (χ1v) is 6.81. The highest BCUT2D eigenvalue weighted by Gasteiger charge is 2.28. The third kappa shape index (κ3) is 3.19. The van der Waals surface area contributed by atoms with Gasteiger partial charge in [0.05, 0.1) is 6.10 Å². The van der Waals surface area contributed by atoms with Crippen molar-refractivity contribution in [1.29, 1.82) is 0 Å². The van der Waals surface area contributed by atoms with Gasteiger partial charge in [-0.1, -0.05) is 6.42 Å². The second kappa shape index (κ2) is 5.99. The van der Waals surface area contributed by atoms with E-state index in [-0.39, 0.29) is 0 Å². The van der Waals surface area contributed by atoms with E-state index < -0.39 is 0 Å². The van der Waals surface area contributed by atoms with Crippen LogP contribution < -0.4 is 5.73 Å². The topological polar surface area (TPSA) is 38.5 Å². The number of nitrogens with zero attached hydrogens (tertiary/aromatic N) is 1. The minimum absolute atomic E-state index is 0.516. The van der Waals surface area contributed by atoms with Gasteiger partial charge in [0.2, 0.25) is 0 Å². The molecule has 0 aromatic rings. The maximum atomic E-state index is 5.88. The Labute approximate surface area is 99.3 Å². The van der Waals surface area contributed by atoms with E-state index in [0.717, 1.165) is 25.1 Å². The van der Waals surface area contributed by atoms with Gasteiger partial charge in [0.1, 0.15) is 0 Å². The maximum absolute atomic E-state index is 5.88. The Bertz CT molecular complexity index is 204. The molecule has 1 atom stereocenters. The Morgan fingerprint density at radius 2 is 2.12 bits per heavy atom. The molecule has 1 saturated heterocycles. The molecule has 16 heavy (non-hydrogen) atoms. The van der Waals surface area contributed by atoms with Gasteiger partial charge >= 0.3 is 0 Å². The number of rotatable bonds is 5. The van der Waals surface area contributed by atoms with E-state index in [2.05, 4.69) is 11.9 Å². The molecule has 0 spiro atoms. The van der Waals surface area contributed by atoms with Crippen LogP contribution in [-0.4, -0.2) is 43.8 Å². The van der Waals surface area contributed by atoms with Crippen LogP contribution in [0.5, 0.6) is 0 Å². The maximum Gasteiger partial charge on any atom is 0.0581 e. The van der Waals surface area contributed by atoms with Crippen molar-refractivity contribution in [1.82, 2.24) is 4.90 Å². The lowest BCUT2D eigenvalue weighted by Gasteiger charge is -2.36. The van der Waals surface area contributed by atoms with Crippen LogP contribution >= 0.6 is 0 Å². The van der Waals surface area contributed by atoms with Gasteiger partial charge in [-0.25, -0.2) is 0 Å². The van der Waals surface area contributed by atoms with E-state index in [1.54, 1.807) is 0 Å². The number of hydrogen-bond acceptors (Lipinski definition) is 3. The van der Waals surface area contributed by atoms with Crippen LogP contribution in [0.2, 0.25) is 0 Å². The van der Waals surface area contributed by atoms with Gasteiger partial charge in [0.25, 0.3) is 0 Å². The van der Waals surface area contributed by atoms with E-state index >= 15 is 0 Å². The van der Waals surface area contributed by atoms with Gasteiger partial charge in [-0.15, -0.1) is 0 Å². The quantitative estimate of drug-likeness (QED) is 0.774. The van der Waals surface area contributed by atoms with Gasteiger partial charge in [-0.2, -0.15) is 0 Å². The van der Waals surface area contributed by atoms with Crippen molar-refractivity contribution in [2.75, 3.05) is 26.7 Å². The summed E-state index contributed by atoms with van der Waals surface area (Å²) in [4.78, 5) is 2.50. The second-order valence-corrected chi connectivity index (χ2v) is 5.48. The van der Waals surface area contributed by atoms with Crippen molar-refractivity contribution in [2.45, 2.75) is 50.7 Å². The van der Waals surface area contributed by atoms with Gasteiger partial charge in [-0.05, 0) is 58.2 Å². The number of likely N-dealkylation sites (tertiary alicyclic amines) is 1. The van der Waals surface area contributed by atoms with Crippen molar-refractivity contribution >= 4 is 0 Å². The fourth-order valence-corrected chi connectivity index (χ4v) is 2.88. The molecule has 1 heterocycles. The average molecular weight is 226 g/mol. The van der Waals surface area contributed by atoms with Crippen LogP contribution in [0.3, 0.4) is 0 Å². The van der Waals surface area contributed by atoms with Crippen molar-refractivity contribution < 1.29 is 4.74 Å².